The second-order valence-corrected chi connectivity index (χ2v) is 5.35. The highest BCUT2D eigenvalue weighted by molar-refractivity contribution is 7.99. The molecule has 3 N–H and O–H groups in total. The third-order valence-corrected chi connectivity index (χ3v) is 3.38. The predicted molar refractivity (Wildman–Crippen MR) is 74.1 cm³/mol. The van der Waals surface area contributed by atoms with E-state index in [9.17, 15) is 0 Å². The first-order valence-electron chi connectivity index (χ1n) is 5.70. The highest BCUT2D eigenvalue weighted by atomic mass is 32.2. The second kappa shape index (κ2) is 6.63. The van der Waals surface area contributed by atoms with E-state index in [2.05, 4.69) is 24.1 Å². The van der Waals surface area contributed by atoms with E-state index in [1.165, 1.54) is 11.5 Å². The van der Waals surface area contributed by atoms with Crippen molar-refractivity contribution in [2.75, 3.05) is 22.6 Å². The van der Waals surface area contributed by atoms with Crippen LogP contribution < -0.4 is 11.1 Å². The van der Waals surface area contributed by atoms with Gasteiger partial charge in [0.2, 0.25) is 0 Å². The van der Waals surface area contributed by atoms with Crippen LogP contribution in [0.1, 0.15) is 25.8 Å². The molecule has 1 heterocycles. The lowest BCUT2D eigenvalue weighted by molar-refractivity contribution is 0.766. The summed E-state index contributed by atoms with van der Waals surface area (Å²) < 4.78 is 0. The number of hydrogen-bond donors (Lipinski definition) is 2. The number of anilines is 2. The molecule has 0 bridgehead atoms. The molecule has 0 fully saturated rings. The Morgan fingerprint density at radius 3 is 2.94 bits per heavy atom. The van der Waals surface area contributed by atoms with Gasteiger partial charge in [-0.1, -0.05) is 6.92 Å². The first kappa shape index (κ1) is 13.2. The van der Waals surface area contributed by atoms with Crippen LogP contribution in [0.5, 0.6) is 0 Å². The summed E-state index contributed by atoms with van der Waals surface area (Å²) in [7, 11) is 0. The third-order valence-electron chi connectivity index (χ3n) is 2.44. The molecule has 0 saturated heterocycles. The van der Waals surface area contributed by atoms with Gasteiger partial charge >= 0.3 is 0 Å². The third kappa shape index (κ3) is 4.31. The van der Waals surface area contributed by atoms with E-state index in [0.29, 0.717) is 6.04 Å². The normalized spacial score (nSPS) is 12.4. The molecule has 0 aliphatic heterocycles. The molecule has 0 aliphatic rings. The molecule has 0 spiro atoms. The zero-order valence-electron chi connectivity index (χ0n) is 10.3. The van der Waals surface area contributed by atoms with Gasteiger partial charge in [0.25, 0.3) is 0 Å². The molecule has 1 atom stereocenters. The number of aryl methyl sites for hydroxylation is 1. The number of pyridine rings is 1. The van der Waals surface area contributed by atoms with Gasteiger partial charge in [0.1, 0.15) is 5.82 Å². The first-order valence-corrected chi connectivity index (χ1v) is 6.85. The molecule has 16 heavy (non-hydrogen) atoms. The van der Waals surface area contributed by atoms with Crippen LogP contribution in [0.15, 0.2) is 12.3 Å². The van der Waals surface area contributed by atoms with Gasteiger partial charge in [-0.3, -0.25) is 0 Å². The van der Waals surface area contributed by atoms with Crippen molar-refractivity contribution in [3.8, 4) is 0 Å². The first-order chi connectivity index (χ1) is 7.63. The quantitative estimate of drug-likeness (QED) is 0.749. The van der Waals surface area contributed by atoms with Gasteiger partial charge in [-0.05, 0) is 43.4 Å². The summed E-state index contributed by atoms with van der Waals surface area (Å²) in [6, 6.07) is 2.45. The van der Waals surface area contributed by atoms with Crippen molar-refractivity contribution < 1.29 is 0 Å². The van der Waals surface area contributed by atoms with Crippen molar-refractivity contribution in [1.82, 2.24) is 4.98 Å². The topological polar surface area (TPSA) is 50.9 Å². The van der Waals surface area contributed by atoms with Crippen molar-refractivity contribution in [2.24, 2.45) is 0 Å². The van der Waals surface area contributed by atoms with Crippen molar-refractivity contribution in [1.29, 1.82) is 0 Å². The van der Waals surface area contributed by atoms with Gasteiger partial charge in [-0.25, -0.2) is 4.98 Å². The molecule has 1 rings (SSSR count). The molecule has 0 aliphatic carbocycles. The van der Waals surface area contributed by atoms with Crippen molar-refractivity contribution in [2.45, 2.75) is 33.2 Å². The maximum atomic E-state index is 5.72. The van der Waals surface area contributed by atoms with Gasteiger partial charge in [0.05, 0.1) is 11.9 Å². The maximum absolute atomic E-state index is 5.72. The Balaban J connectivity index is 2.43. The number of rotatable bonds is 6. The van der Waals surface area contributed by atoms with Crippen LogP contribution in [-0.4, -0.2) is 22.5 Å². The zero-order valence-corrected chi connectivity index (χ0v) is 11.1. The van der Waals surface area contributed by atoms with Crippen LogP contribution in [0.4, 0.5) is 11.5 Å². The highest BCUT2D eigenvalue weighted by Gasteiger charge is 2.03. The van der Waals surface area contributed by atoms with E-state index < -0.39 is 0 Å². The summed E-state index contributed by atoms with van der Waals surface area (Å²) in [6.45, 7) is 6.37. The van der Waals surface area contributed by atoms with E-state index in [-0.39, 0.29) is 0 Å². The summed E-state index contributed by atoms with van der Waals surface area (Å²) in [4.78, 5) is 4.26. The minimum Gasteiger partial charge on any atom is -0.397 e. The van der Waals surface area contributed by atoms with Gasteiger partial charge in [-0.15, -0.1) is 0 Å². The summed E-state index contributed by atoms with van der Waals surface area (Å²) in [6.07, 6.45) is 2.87. The number of nitrogen functional groups attached to an aromatic ring is 1. The van der Waals surface area contributed by atoms with E-state index in [1.54, 1.807) is 6.20 Å². The summed E-state index contributed by atoms with van der Waals surface area (Å²) >= 11 is 1.97. The number of aromatic nitrogens is 1. The van der Waals surface area contributed by atoms with Crippen LogP contribution >= 0.6 is 11.8 Å². The minimum atomic E-state index is 0.453. The van der Waals surface area contributed by atoms with Gasteiger partial charge in [-0.2, -0.15) is 11.8 Å². The smallest absolute Gasteiger partial charge is 0.126 e. The Bertz CT molecular complexity index is 328. The molecule has 1 aromatic rings. The Labute approximate surface area is 102 Å². The standard InChI is InChI=1S/C12H21N3S/c1-4-16-6-5-10(3)15-12-7-9(2)11(13)8-14-12/h7-8,10H,4-6,13H2,1-3H3,(H,14,15). The van der Waals surface area contributed by atoms with E-state index in [4.69, 9.17) is 5.73 Å². The van der Waals surface area contributed by atoms with Gasteiger partial charge in [0.15, 0.2) is 0 Å². The molecule has 0 amide bonds. The van der Waals surface area contributed by atoms with Crippen LogP contribution in [0.25, 0.3) is 0 Å². The lowest BCUT2D eigenvalue weighted by Gasteiger charge is -2.14. The number of nitrogens with two attached hydrogens (primary N) is 1. The highest BCUT2D eigenvalue weighted by Crippen LogP contribution is 2.15. The lowest BCUT2D eigenvalue weighted by Crippen LogP contribution is -2.17. The molecule has 0 saturated carbocycles. The van der Waals surface area contributed by atoms with Crippen molar-refractivity contribution in [3.05, 3.63) is 17.8 Å². The van der Waals surface area contributed by atoms with Crippen molar-refractivity contribution in [3.63, 3.8) is 0 Å². The SMILES string of the molecule is CCSCCC(C)Nc1cc(C)c(N)cn1. The summed E-state index contributed by atoms with van der Waals surface area (Å²) in [5, 5.41) is 3.39. The molecule has 1 aromatic heterocycles. The zero-order chi connectivity index (χ0) is 12.0. The fourth-order valence-corrected chi connectivity index (χ4v) is 2.18. The number of hydrogen-bond acceptors (Lipinski definition) is 4. The van der Waals surface area contributed by atoms with E-state index in [1.807, 2.05) is 24.8 Å². The van der Waals surface area contributed by atoms with E-state index in [0.717, 1.165) is 23.5 Å². The molecule has 0 radical (unpaired) electrons. The molecule has 3 nitrogen and oxygen atoms in total. The molecule has 0 aromatic carbocycles. The Morgan fingerprint density at radius 2 is 2.31 bits per heavy atom. The fraction of sp³-hybridized carbons (Fsp3) is 0.583. The predicted octanol–water partition coefficient (Wildman–Crippen LogP) is 2.92. The van der Waals surface area contributed by atoms with Crippen LogP contribution in [-0.2, 0) is 0 Å². The van der Waals surface area contributed by atoms with Crippen LogP contribution in [0, 0.1) is 6.92 Å². The number of nitrogens with zero attached hydrogens (tertiary/aromatic N) is 1. The minimum absolute atomic E-state index is 0.453. The van der Waals surface area contributed by atoms with Crippen LogP contribution in [0.2, 0.25) is 0 Å². The lowest BCUT2D eigenvalue weighted by atomic mass is 10.2. The monoisotopic (exact) mass is 239 g/mol. The average Bonchev–Trinajstić information content (AvgIpc) is 2.24. The largest absolute Gasteiger partial charge is 0.397 e. The fourth-order valence-electron chi connectivity index (χ4n) is 1.37. The van der Waals surface area contributed by atoms with Crippen LogP contribution in [0.3, 0.4) is 0 Å². The Kier molecular flexibility index (Phi) is 5.46. The Morgan fingerprint density at radius 1 is 1.56 bits per heavy atom. The van der Waals surface area contributed by atoms with Gasteiger partial charge in [0, 0.05) is 6.04 Å². The number of thioether (sulfide) groups is 1. The molecule has 1 unspecified atom stereocenters. The summed E-state index contributed by atoms with van der Waals surface area (Å²) in [5.74, 6) is 3.30. The molecular weight excluding hydrogens is 218 g/mol. The van der Waals surface area contributed by atoms with Gasteiger partial charge < -0.3 is 11.1 Å². The van der Waals surface area contributed by atoms with E-state index >= 15 is 0 Å². The molecule has 4 heteroatoms. The summed E-state index contributed by atoms with van der Waals surface area (Å²) in [5.41, 5.74) is 7.55. The second-order valence-electron chi connectivity index (χ2n) is 3.96. The maximum Gasteiger partial charge on any atom is 0.126 e. The molecular formula is C12H21N3S. The molecule has 90 valence electrons. The van der Waals surface area contributed by atoms with Crippen molar-refractivity contribution >= 4 is 23.3 Å². The number of nitrogens with one attached hydrogen (secondary N) is 1. The Hall–Kier alpha value is -0.900. The average molecular weight is 239 g/mol.